The lowest BCUT2D eigenvalue weighted by molar-refractivity contribution is -0.164. The van der Waals surface area contributed by atoms with Gasteiger partial charge in [0.1, 0.15) is 17.2 Å². The van der Waals surface area contributed by atoms with Crippen LogP contribution in [0.3, 0.4) is 0 Å². The van der Waals surface area contributed by atoms with Crippen LogP contribution in [0.5, 0.6) is 5.75 Å². The molecule has 49 heavy (non-hydrogen) atoms. The maximum Gasteiger partial charge on any atom is 0.339 e. The van der Waals surface area contributed by atoms with Gasteiger partial charge in [0.05, 0.1) is 36.7 Å². The molecule has 1 saturated heterocycles. The van der Waals surface area contributed by atoms with Gasteiger partial charge in [-0.2, -0.15) is 0 Å². The summed E-state index contributed by atoms with van der Waals surface area (Å²) in [5, 5.41) is 0. The second kappa shape index (κ2) is 13.6. The van der Waals surface area contributed by atoms with Gasteiger partial charge in [0.15, 0.2) is 6.10 Å². The molecule has 0 N–H and O–H groups in total. The van der Waals surface area contributed by atoms with E-state index in [-0.39, 0.29) is 11.7 Å². The third-order valence-corrected chi connectivity index (χ3v) is 9.80. The van der Waals surface area contributed by atoms with Crippen molar-refractivity contribution in [3.05, 3.63) is 83.1 Å². The van der Waals surface area contributed by atoms with Gasteiger partial charge in [-0.05, 0) is 115 Å². The number of hydrogen-bond acceptors (Lipinski definition) is 7. The van der Waals surface area contributed by atoms with Gasteiger partial charge in [0, 0.05) is 42.4 Å². The molecule has 3 aliphatic heterocycles. The van der Waals surface area contributed by atoms with E-state index in [1.54, 1.807) is 0 Å². The van der Waals surface area contributed by atoms with Crippen molar-refractivity contribution in [2.45, 2.75) is 98.1 Å². The molecule has 4 aromatic rings. The van der Waals surface area contributed by atoms with E-state index in [1.807, 2.05) is 33.8 Å². The Hall–Kier alpha value is -4.14. The lowest BCUT2D eigenvalue weighted by Gasteiger charge is -2.41. The first-order chi connectivity index (χ1) is 23.2. The molecule has 2 aromatic heterocycles. The van der Waals surface area contributed by atoms with E-state index in [9.17, 15) is 4.79 Å². The van der Waals surface area contributed by atoms with E-state index in [0.29, 0.717) is 6.61 Å². The van der Waals surface area contributed by atoms with Crippen molar-refractivity contribution >= 4 is 17.4 Å². The molecule has 0 aliphatic carbocycles. The van der Waals surface area contributed by atoms with Crippen molar-refractivity contribution in [1.82, 2.24) is 9.38 Å². The number of fused-ring (bicyclic) bond motifs is 7. The van der Waals surface area contributed by atoms with Crippen molar-refractivity contribution in [2.75, 3.05) is 31.7 Å². The quantitative estimate of drug-likeness (QED) is 0.160. The van der Waals surface area contributed by atoms with Crippen LogP contribution < -0.4 is 9.64 Å². The van der Waals surface area contributed by atoms with Crippen molar-refractivity contribution < 1.29 is 23.7 Å². The number of piperidine rings is 1. The number of esters is 1. The molecule has 0 saturated carbocycles. The molecule has 2 atom stereocenters. The van der Waals surface area contributed by atoms with Crippen molar-refractivity contribution in [2.24, 2.45) is 0 Å². The van der Waals surface area contributed by atoms with Crippen LogP contribution >= 0.6 is 0 Å². The van der Waals surface area contributed by atoms with Gasteiger partial charge < -0.3 is 23.8 Å². The molecule has 0 radical (unpaired) electrons. The first-order valence-electron chi connectivity index (χ1n) is 17.5. The number of imidazole rings is 1. The normalized spacial score (nSPS) is 20.6. The van der Waals surface area contributed by atoms with Crippen molar-refractivity contribution in [1.29, 1.82) is 0 Å². The Labute approximate surface area is 291 Å². The lowest BCUT2D eigenvalue weighted by atomic mass is 9.92. The monoisotopic (exact) mass is 665 g/mol. The Balaban J connectivity index is 1.56. The highest BCUT2D eigenvalue weighted by molar-refractivity contribution is 5.82. The molecule has 0 spiro atoms. The highest BCUT2D eigenvalue weighted by Crippen LogP contribution is 2.41. The second-order valence-electron chi connectivity index (χ2n) is 14.9. The molecule has 0 unspecified atom stereocenters. The van der Waals surface area contributed by atoms with Crippen LogP contribution in [0.1, 0.15) is 82.2 Å². The predicted octanol–water partition coefficient (Wildman–Crippen LogP) is 8.73. The molecule has 6 bridgehead atoms. The molecule has 5 heterocycles. The minimum atomic E-state index is -0.913. The third kappa shape index (κ3) is 7.41. The summed E-state index contributed by atoms with van der Waals surface area (Å²) in [5.41, 5.74) is 8.03. The van der Waals surface area contributed by atoms with Crippen molar-refractivity contribution in [3.63, 3.8) is 0 Å². The number of benzene rings is 2. The molecule has 7 rings (SSSR count). The third-order valence-electron chi connectivity index (χ3n) is 9.80. The van der Waals surface area contributed by atoms with Crippen molar-refractivity contribution in [3.8, 4) is 28.1 Å². The first kappa shape index (κ1) is 34.7. The van der Waals surface area contributed by atoms with Gasteiger partial charge in [0.2, 0.25) is 0 Å². The van der Waals surface area contributed by atoms with Gasteiger partial charge in [-0.25, -0.2) is 9.78 Å². The van der Waals surface area contributed by atoms with Gasteiger partial charge in [0.25, 0.3) is 0 Å². The van der Waals surface area contributed by atoms with Gasteiger partial charge in [-0.15, -0.1) is 0 Å². The van der Waals surface area contributed by atoms with Gasteiger partial charge in [-0.3, -0.25) is 4.40 Å². The molecular weight excluding hydrogens is 614 g/mol. The molecule has 3 aliphatic rings. The van der Waals surface area contributed by atoms with E-state index in [2.05, 4.69) is 91.7 Å². The molecule has 260 valence electrons. The number of carbonyl (C=O) groups is 1. The highest BCUT2D eigenvalue weighted by atomic mass is 16.6. The molecule has 8 heteroatoms. The van der Waals surface area contributed by atoms with E-state index < -0.39 is 17.7 Å². The number of aryl methyl sites for hydroxylation is 3. The Kier molecular flexibility index (Phi) is 9.66. The number of carbonyl (C=O) groups excluding carboxylic acids is 1. The number of pyridine rings is 1. The van der Waals surface area contributed by atoms with Crippen LogP contribution in [0.2, 0.25) is 0 Å². The zero-order valence-electron chi connectivity index (χ0n) is 30.6. The molecule has 0 amide bonds. The van der Waals surface area contributed by atoms with E-state index in [1.165, 1.54) is 18.2 Å². The number of rotatable bonds is 3. The lowest BCUT2D eigenvalue weighted by Crippen LogP contribution is -2.45. The molecule has 8 nitrogen and oxygen atoms in total. The van der Waals surface area contributed by atoms with Crippen LogP contribution in [0, 0.1) is 20.8 Å². The minimum absolute atomic E-state index is 0.00455. The van der Waals surface area contributed by atoms with Gasteiger partial charge >= 0.3 is 5.97 Å². The number of hydrogen-bond donors (Lipinski definition) is 0. The zero-order valence-corrected chi connectivity index (χ0v) is 30.6. The summed E-state index contributed by atoms with van der Waals surface area (Å²) in [4.78, 5) is 21.0. The Morgan fingerprint density at radius 3 is 2.43 bits per heavy atom. The number of anilines is 1. The maximum atomic E-state index is 13.5. The highest BCUT2D eigenvalue weighted by Gasteiger charge is 2.37. The molecule has 1 fully saturated rings. The number of methoxy groups -OCH3 is 1. The summed E-state index contributed by atoms with van der Waals surface area (Å²) in [6.07, 6.45) is 7.89. The summed E-state index contributed by atoms with van der Waals surface area (Å²) in [7, 11) is 1.42. The first-order valence-corrected chi connectivity index (χ1v) is 17.5. The average molecular weight is 666 g/mol. The Morgan fingerprint density at radius 1 is 1.00 bits per heavy atom. The number of aromatic nitrogens is 2. The summed E-state index contributed by atoms with van der Waals surface area (Å²) < 4.78 is 27.0. The van der Waals surface area contributed by atoms with Crippen LogP contribution in [-0.4, -0.2) is 59.5 Å². The average Bonchev–Trinajstić information content (AvgIpc) is 3.47. The molecular formula is C41H51N3O5. The zero-order chi connectivity index (χ0) is 35.1. The predicted molar refractivity (Wildman–Crippen MR) is 196 cm³/mol. The van der Waals surface area contributed by atoms with E-state index in [0.717, 1.165) is 83.1 Å². The number of ether oxygens (including phenoxy) is 4. The summed E-state index contributed by atoms with van der Waals surface area (Å²) >= 11 is 0. The topological polar surface area (TPSA) is 74.5 Å². The van der Waals surface area contributed by atoms with Crippen LogP contribution in [0.4, 0.5) is 5.82 Å². The second-order valence-corrected chi connectivity index (χ2v) is 14.9. The summed E-state index contributed by atoms with van der Waals surface area (Å²) in [6, 6.07) is 14.9. The Bertz CT molecular complexity index is 1880. The SMILES string of the molecule is COC(=O)[C@@H](OC(C)(C)C)c1c(C)cc2nc3cn2c1N1CCC(C)(CC1)OCC=CC[C@H](C)Oc1cc(C)c(C)cc1-c1cccc-3c1. The van der Waals surface area contributed by atoms with Gasteiger partial charge in [-0.1, -0.05) is 30.4 Å². The van der Waals surface area contributed by atoms with Crippen LogP contribution in [-0.2, 0) is 19.0 Å². The minimum Gasteiger partial charge on any atom is -0.490 e. The largest absolute Gasteiger partial charge is 0.490 e. The fourth-order valence-corrected chi connectivity index (χ4v) is 6.88. The fourth-order valence-electron chi connectivity index (χ4n) is 6.88. The summed E-state index contributed by atoms with van der Waals surface area (Å²) in [6.45, 7) is 18.5. The fraction of sp³-hybridized carbons (Fsp3) is 0.463. The van der Waals surface area contributed by atoms with Crippen LogP contribution in [0.15, 0.2) is 60.8 Å². The molecule has 2 aromatic carbocycles. The van der Waals surface area contributed by atoms with E-state index in [4.69, 9.17) is 23.9 Å². The maximum absolute atomic E-state index is 13.5. The Morgan fingerprint density at radius 2 is 1.71 bits per heavy atom. The van der Waals surface area contributed by atoms with E-state index >= 15 is 0 Å². The van der Waals surface area contributed by atoms with Crippen LogP contribution in [0.25, 0.3) is 28.0 Å². The summed E-state index contributed by atoms with van der Waals surface area (Å²) in [5.74, 6) is 1.35. The smallest absolute Gasteiger partial charge is 0.339 e. The standard InChI is InChI=1S/C41H51N3O5/c1-26-21-32-30-14-12-15-31(24-30)33-25-44-35(42-33)23-28(3)36(37(39(45)46-9)49-40(5,6)7)38(44)43-18-16-41(8,17-19-43)47-20-11-10-13-29(4)48-34(32)22-27(26)2/h10-12,14-15,21-25,29,37H,13,16-20H2,1-9H3/t29-,37-/m0/s1. The number of nitrogens with zero attached hydrogens (tertiary/aromatic N) is 3.